The van der Waals surface area contributed by atoms with Gasteiger partial charge >= 0.3 is 6.09 Å². The van der Waals surface area contributed by atoms with Gasteiger partial charge in [0.25, 0.3) is 0 Å². The fourth-order valence-corrected chi connectivity index (χ4v) is 11.5. The van der Waals surface area contributed by atoms with E-state index in [0.29, 0.717) is 44.6 Å². The second kappa shape index (κ2) is 19.3. The number of halogens is 2. The highest BCUT2D eigenvalue weighted by Gasteiger charge is 2.51. The Morgan fingerprint density at radius 3 is 2.23 bits per heavy atom. The number of piperidine rings is 3. The van der Waals surface area contributed by atoms with Gasteiger partial charge in [-0.15, -0.1) is 0 Å². The van der Waals surface area contributed by atoms with E-state index in [0.717, 1.165) is 47.9 Å². The van der Waals surface area contributed by atoms with Crippen molar-refractivity contribution < 1.29 is 52.0 Å². The van der Waals surface area contributed by atoms with Crippen LogP contribution in [0.2, 0.25) is 10.0 Å². The van der Waals surface area contributed by atoms with Crippen molar-refractivity contribution in [1.82, 2.24) is 14.5 Å². The number of hydrogen-bond acceptors (Lipinski definition) is 11. The van der Waals surface area contributed by atoms with E-state index in [-0.39, 0.29) is 40.6 Å². The van der Waals surface area contributed by atoms with E-state index >= 15 is 0 Å². The smallest absolute Gasteiger partial charge is 0.408 e. The quantitative estimate of drug-likeness (QED) is 0.0908. The lowest BCUT2D eigenvalue weighted by molar-refractivity contribution is -0.904. The number of nitrogens with zero attached hydrogens (tertiary/aromatic N) is 3. The molecule has 14 nitrogen and oxygen atoms in total. The molecule has 5 atom stereocenters. The standard InChI is InChI=1S/C47H48Cl2N4O10S/c1-60-41-15-14-32(22-42(41)61-2)36(23-37-39(48)25-52(57)26-40(37)49)45-38(46(54)55)24-53(45)64(58,59)35-13-6-8-29(20-35)28-62-34-12-7-11-33(21-34)44(31-9-4-3-5-10-31)50-47(56)63-43-27-51-18-16-30(43)17-19-51/h3-15,20-22,25-26,30,36,38,43-45H,16-19,23-24,27-28H2,1-2H3,(H2-,50,54,55,56,57)/t36-,38?,43-,44-,45?/m0/s1. The molecule has 4 aliphatic heterocycles. The molecule has 2 unspecified atom stereocenters. The molecule has 17 heteroatoms. The largest absolute Gasteiger partial charge is 0.550 e. The Morgan fingerprint density at radius 1 is 0.859 bits per heavy atom. The number of aromatic nitrogens is 1. The minimum absolute atomic E-state index is 0.00686. The molecule has 0 saturated carbocycles. The number of fused-ring (bicyclic) bond motifs is 3. The average molecular weight is 932 g/mol. The Hall–Kier alpha value is -5.58. The van der Waals surface area contributed by atoms with Crippen LogP contribution in [0.5, 0.6) is 17.2 Å². The molecule has 4 aliphatic rings. The predicted octanol–water partition coefficient (Wildman–Crippen LogP) is 5.79. The highest BCUT2D eigenvalue weighted by molar-refractivity contribution is 7.89. The molecule has 4 saturated heterocycles. The topological polar surface area (TPSA) is 171 Å². The number of carbonyl (C=O) groups excluding carboxylic acids is 2. The van der Waals surface area contributed by atoms with E-state index in [4.69, 9.17) is 42.1 Å². The van der Waals surface area contributed by atoms with E-state index < -0.39 is 46.0 Å². The molecule has 0 radical (unpaired) electrons. The summed E-state index contributed by atoms with van der Waals surface area (Å²) in [7, 11) is -1.40. The predicted molar refractivity (Wildman–Crippen MR) is 234 cm³/mol. The number of carboxylic acid groups (broad SMARTS) is 1. The first-order chi connectivity index (χ1) is 30.8. The van der Waals surface area contributed by atoms with Gasteiger partial charge in [-0.3, -0.25) is 10.1 Å². The number of aliphatic carboxylic acids is 1. The van der Waals surface area contributed by atoms with Crippen molar-refractivity contribution in [3.05, 3.63) is 147 Å². The monoisotopic (exact) mass is 930 g/mol. The van der Waals surface area contributed by atoms with Crippen molar-refractivity contribution >= 4 is 45.3 Å². The van der Waals surface area contributed by atoms with Gasteiger partial charge in [0.05, 0.1) is 25.2 Å². The molecule has 4 aromatic carbocycles. The summed E-state index contributed by atoms with van der Waals surface area (Å²) in [4.78, 5) is 28.3. The van der Waals surface area contributed by atoms with Crippen LogP contribution in [-0.4, -0.2) is 87.4 Å². The van der Waals surface area contributed by atoms with Crippen LogP contribution < -0.4 is 29.4 Å². The lowest BCUT2D eigenvalue weighted by Crippen LogP contribution is -2.65. The van der Waals surface area contributed by atoms with Crippen molar-refractivity contribution in [2.75, 3.05) is 40.4 Å². The number of alkyl carbamates (subject to hydrolysis) is 1. The molecule has 0 aliphatic carbocycles. The van der Waals surface area contributed by atoms with Crippen LogP contribution in [0.15, 0.2) is 114 Å². The number of hydrogen-bond donors (Lipinski definition) is 2. The van der Waals surface area contributed by atoms with Crippen LogP contribution in [0.25, 0.3) is 0 Å². The number of rotatable bonds is 16. The third-order valence-corrected chi connectivity index (χ3v) is 15.0. The maximum Gasteiger partial charge on any atom is 0.408 e. The van der Waals surface area contributed by atoms with Crippen molar-refractivity contribution in [3.8, 4) is 17.2 Å². The summed E-state index contributed by atoms with van der Waals surface area (Å²) in [6, 6.07) is 26.5. The molecule has 0 spiro atoms. The maximum absolute atomic E-state index is 14.6. The van der Waals surface area contributed by atoms with Crippen molar-refractivity contribution in [2.45, 2.75) is 54.9 Å². The Kier molecular flexibility index (Phi) is 13.5. The summed E-state index contributed by atoms with van der Waals surface area (Å²) in [5.41, 5.74) is 3.05. The third kappa shape index (κ3) is 9.59. The van der Waals surface area contributed by atoms with Crippen LogP contribution in [0.4, 0.5) is 4.79 Å². The lowest BCUT2D eigenvalue weighted by Gasteiger charge is -2.51. The summed E-state index contributed by atoms with van der Waals surface area (Å²) in [6.45, 7) is 2.46. The molecular weight excluding hydrogens is 884 g/mol. The molecular formula is C47H48Cl2N4O10S. The number of nitrogens with one attached hydrogen (secondary N) is 1. The molecule has 2 bridgehead atoms. The second-order valence-electron chi connectivity index (χ2n) is 16.3. The van der Waals surface area contributed by atoms with E-state index in [1.165, 1.54) is 38.7 Å². The van der Waals surface area contributed by atoms with Gasteiger partial charge < -0.3 is 34.2 Å². The molecule has 4 fully saturated rings. The van der Waals surface area contributed by atoms with E-state index in [1.54, 1.807) is 36.4 Å². The van der Waals surface area contributed by atoms with Gasteiger partial charge in [0, 0.05) is 47.2 Å². The van der Waals surface area contributed by atoms with Crippen molar-refractivity contribution in [3.63, 3.8) is 0 Å². The van der Waals surface area contributed by atoms with E-state index in [2.05, 4.69) is 10.2 Å². The Bertz CT molecular complexity index is 2590. The molecule has 64 heavy (non-hydrogen) atoms. The molecule has 5 heterocycles. The number of methoxy groups -OCH3 is 2. The summed E-state index contributed by atoms with van der Waals surface area (Å²) in [5.74, 6) is -1.86. The van der Waals surface area contributed by atoms with Crippen LogP contribution in [0.3, 0.4) is 0 Å². The Morgan fingerprint density at radius 2 is 1.56 bits per heavy atom. The summed E-state index contributed by atoms with van der Waals surface area (Å²) < 4.78 is 54.3. The average Bonchev–Trinajstić information content (AvgIpc) is 3.28. The first-order valence-corrected chi connectivity index (χ1v) is 23.1. The van der Waals surface area contributed by atoms with Gasteiger partial charge in [0.15, 0.2) is 11.5 Å². The number of amides is 1. The van der Waals surface area contributed by atoms with E-state index in [1.807, 2.05) is 48.5 Å². The van der Waals surface area contributed by atoms with Gasteiger partial charge in [-0.25, -0.2) is 13.2 Å². The first-order valence-electron chi connectivity index (χ1n) is 20.9. The first kappa shape index (κ1) is 45.0. The molecule has 5 aromatic rings. The van der Waals surface area contributed by atoms with Crippen LogP contribution in [0.1, 0.15) is 52.6 Å². The number of sulfonamides is 1. The number of benzene rings is 4. The van der Waals surface area contributed by atoms with Gasteiger partial charge in [-0.1, -0.05) is 83.9 Å². The summed E-state index contributed by atoms with van der Waals surface area (Å²) in [6.07, 6.45) is 3.85. The zero-order valence-corrected chi connectivity index (χ0v) is 37.5. The molecule has 1 amide bonds. The number of ether oxygens (including phenoxy) is 4. The second-order valence-corrected chi connectivity index (χ2v) is 19.0. The SMILES string of the molecule is COc1ccc([C@H](Cc2c(Cl)c[n+](O)cc2Cl)C2C(C(=O)[O-])CN2S(=O)(=O)c2cccc(COc3cccc([C@@H](NC(=O)O[C@H]4CN5CCC4CC5)c4ccccc4)c3)c2)cc1OC. The highest BCUT2D eigenvalue weighted by Crippen LogP contribution is 2.45. The summed E-state index contributed by atoms with van der Waals surface area (Å²) in [5, 5.41) is 26.0. The zero-order valence-electron chi connectivity index (χ0n) is 35.1. The van der Waals surface area contributed by atoms with Gasteiger partial charge in [0.1, 0.15) is 28.5 Å². The maximum atomic E-state index is 14.6. The van der Waals surface area contributed by atoms with E-state index in [9.17, 15) is 28.3 Å². The molecule has 336 valence electrons. The molecule has 1 aromatic heterocycles. The number of carboxylic acids is 1. The number of pyridine rings is 1. The van der Waals surface area contributed by atoms with Crippen molar-refractivity contribution in [1.29, 1.82) is 0 Å². The minimum atomic E-state index is -4.33. The normalized spacial score (nSPS) is 21.5. The van der Waals surface area contributed by atoms with Crippen LogP contribution >= 0.6 is 23.2 Å². The van der Waals surface area contributed by atoms with Gasteiger partial charge in [-0.2, -0.15) is 4.31 Å². The fourth-order valence-electron chi connectivity index (χ4n) is 9.13. The molecule has 2 N–H and O–H groups in total. The zero-order chi connectivity index (χ0) is 45.1. The highest BCUT2D eigenvalue weighted by atomic mass is 35.5. The summed E-state index contributed by atoms with van der Waals surface area (Å²) >= 11 is 13.1. The van der Waals surface area contributed by atoms with Gasteiger partial charge in [-0.05, 0) is 96.9 Å². The van der Waals surface area contributed by atoms with Crippen molar-refractivity contribution in [2.24, 2.45) is 11.8 Å². The van der Waals surface area contributed by atoms with Crippen LogP contribution in [0, 0.1) is 11.8 Å². The Balaban J connectivity index is 1.03. The molecule has 9 rings (SSSR count). The fraction of sp³-hybridized carbons (Fsp3) is 0.340. The lowest BCUT2D eigenvalue weighted by atomic mass is 9.75. The third-order valence-electron chi connectivity index (χ3n) is 12.5. The minimum Gasteiger partial charge on any atom is -0.550 e. The number of carbonyl (C=O) groups is 2. The Labute approximate surface area is 381 Å². The van der Waals surface area contributed by atoms with Crippen LogP contribution in [-0.2, 0) is 32.6 Å². The van der Waals surface area contributed by atoms with Gasteiger partial charge in [0.2, 0.25) is 22.4 Å².